The van der Waals surface area contributed by atoms with Crippen LogP contribution in [0.4, 0.5) is 4.39 Å². The highest BCUT2D eigenvalue weighted by Crippen LogP contribution is 2.23. The smallest absolute Gasteiger partial charge is 0.305 e. The number of amides is 1. The van der Waals surface area contributed by atoms with Gasteiger partial charge in [0, 0.05) is 25.0 Å². The van der Waals surface area contributed by atoms with Gasteiger partial charge in [0.25, 0.3) is 0 Å². The van der Waals surface area contributed by atoms with Crippen molar-refractivity contribution in [1.29, 1.82) is 0 Å². The number of benzene rings is 1. The number of nitrogens with one attached hydrogen (secondary N) is 1. The molecule has 0 aliphatic carbocycles. The van der Waals surface area contributed by atoms with Crippen LogP contribution in [0.5, 0.6) is 0 Å². The monoisotopic (exact) mass is 377 g/mol. The van der Waals surface area contributed by atoms with Crippen molar-refractivity contribution in [3.8, 4) is 11.4 Å². The molecule has 1 amide bonds. The first-order chi connectivity index (χ1) is 12.9. The maximum absolute atomic E-state index is 13.4. The summed E-state index contributed by atoms with van der Waals surface area (Å²) in [5.74, 6) is -1.02. The number of carboxylic acid groups (broad SMARTS) is 1. The van der Waals surface area contributed by atoms with E-state index in [1.807, 2.05) is 0 Å². The Morgan fingerprint density at radius 3 is 2.89 bits per heavy atom. The number of carboxylic acids is 1. The first kappa shape index (κ1) is 19.0. The van der Waals surface area contributed by atoms with Crippen LogP contribution >= 0.6 is 0 Å². The summed E-state index contributed by atoms with van der Waals surface area (Å²) < 4.78 is 23.7. The van der Waals surface area contributed by atoms with Crippen LogP contribution in [0.25, 0.3) is 11.4 Å². The normalized spacial score (nSPS) is 19.2. The van der Waals surface area contributed by atoms with Crippen LogP contribution < -0.4 is 5.32 Å². The van der Waals surface area contributed by atoms with Crippen LogP contribution in [-0.2, 0) is 20.7 Å². The number of aliphatic carboxylic acids is 1. The van der Waals surface area contributed by atoms with Crippen molar-refractivity contribution in [2.24, 2.45) is 0 Å². The minimum atomic E-state index is -0.989. The Labute approximate surface area is 154 Å². The zero-order valence-corrected chi connectivity index (χ0v) is 14.8. The zero-order valence-electron chi connectivity index (χ0n) is 14.8. The third-order valence-electron chi connectivity index (χ3n) is 4.45. The van der Waals surface area contributed by atoms with Gasteiger partial charge in [0.1, 0.15) is 5.82 Å². The zero-order chi connectivity index (χ0) is 19.4. The van der Waals surface area contributed by atoms with Crippen molar-refractivity contribution in [2.45, 2.75) is 38.1 Å². The van der Waals surface area contributed by atoms with Crippen molar-refractivity contribution in [3.63, 3.8) is 0 Å². The fourth-order valence-corrected chi connectivity index (χ4v) is 3.02. The molecule has 1 aromatic heterocycles. The third kappa shape index (κ3) is 4.68. The quantitative estimate of drug-likeness (QED) is 0.757. The van der Waals surface area contributed by atoms with Gasteiger partial charge in [-0.05, 0) is 37.1 Å². The highest BCUT2D eigenvalue weighted by molar-refractivity contribution is 5.78. The number of aryl methyl sites for hydroxylation is 2. The molecule has 8 nitrogen and oxygen atoms in total. The lowest BCUT2D eigenvalue weighted by Gasteiger charge is -2.26. The highest BCUT2D eigenvalue weighted by Gasteiger charge is 2.38. The number of aromatic nitrogens is 2. The topological polar surface area (TPSA) is 115 Å². The van der Waals surface area contributed by atoms with Crippen molar-refractivity contribution >= 4 is 11.9 Å². The summed E-state index contributed by atoms with van der Waals surface area (Å²) in [6.07, 6.45) is 0.557. The summed E-state index contributed by atoms with van der Waals surface area (Å²) in [7, 11) is 0. The second-order valence-electron chi connectivity index (χ2n) is 6.68. The molecule has 0 saturated carbocycles. The number of halogens is 1. The molecular formula is C18H20FN3O5. The number of carbonyl (C=O) groups excluding carboxylic acids is 1. The summed E-state index contributed by atoms with van der Waals surface area (Å²) >= 11 is 0. The summed E-state index contributed by atoms with van der Waals surface area (Å²) in [5, 5.41) is 15.7. The average Bonchev–Trinajstić information content (AvgIpc) is 3.25. The fourth-order valence-electron chi connectivity index (χ4n) is 3.02. The van der Waals surface area contributed by atoms with Crippen LogP contribution in [-0.4, -0.2) is 45.9 Å². The molecule has 0 radical (unpaired) electrons. The van der Waals surface area contributed by atoms with Gasteiger partial charge in [-0.15, -0.1) is 0 Å². The molecule has 0 spiro atoms. The van der Waals surface area contributed by atoms with Crippen LogP contribution in [0.1, 0.15) is 30.7 Å². The second kappa shape index (κ2) is 7.83. The molecule has 1 aromatic carbocycles. The molecule has 1 saturated heterocycles. The predicted molar refractivity (Wildman–Crippen MR) is 91.3 cm³/mol. The van der Waals surface area contributed by atoms with E-state index < -0.39 is 11.5 Å². The van der Waals surface area contributed by atoms with Crippen LogP contribution in [0.3, 0.4) is 0 Å². The van der Waals surface area contributed by atoms with Gasteiger partial charge in [0.15, 0.2) is 0 Å². The summed E-state index contributed by atoms with van der Waals surface area (Å²) in [6.45, 7) is 2.24. The number of hydrogen-bond acceptors (Lipinski definition) is 6. The van der Waals surface area contributed by atoms with Gasteiger partial charge in [0.05, 0.1) is 18.6 Å². The Balaban J connectivity index is 1.58. The van der Waals surface area contributed by atoms with Crippen LogP contribution in [0.2, 0.25) is 0 Å². The van der Waals surface area contributed by atoms with E-state index in [0.717, 1.165) is 0 Å². The van der Waals surface area contributed by atoms with Gasteiger partial charge in [-0.1, -0.05) is 5.16 Å². The minimum absolute atomic E-state index is 0.0748. The number of hydrogen-bond donors (Lipinski definition) is 2. The van der Waals surface area contributed by atoms with E-state index >= 15 is 0 Å². The molecule has 1 aliphatic heterocycles. The van der Waals surface area contributed by atoms with Crippen molar-refractivity contribution in [2.75, 3.05) is 13.2 Å². The van der Waals surface area contributed by atoms with E-state index in [1.165, 1.54) is 6.07 Å². The summed E-state index contributed by atoms with van der Waals surface area (Å²) in [5.41, 5.74) is 0.228. The van der Waals surface area contributed by atoms with Crippen LogP contribution in [0, 0.1) is 12.7 Å². The molecule has 1 atom stereocenters. The van der Waals surface area contributed by atoms with Gasteiger partial charge < -0.3 is 19.7 Å². The standard InChI is InChI=1S/C18H20FN3O5/c1-11-8-12(2-3-13(11)19)17-20-15(27-22-17)5-4-14(23)21-18(9-16(24)25)6-7-26-10-18/h2-3,8H,4-7,9-10H2,1H3,(H,21,23)(H,24,25). The lowest BCUT2D eigenvalue weighted by Crippen LogP contribution is -2.50. The minimum Gasteiger partial charge on any atom is -0.481 e. The molecule has 2 N–H and O–H groups in total. The molecule has 1 aliphatic rings. The Morgan fingerprint density at radius 2 is 2.22 bits per heavy atom. The lowest BCUT2D eigenvalue weighted by atomic mass is 9.94. The molecule has 9 heteroatoms. The molecule has 144 valence electrons. The van der Waals surface area contributed by atoms with Gasteiger partial charge >= 0.3 is 5.97 Å². The van der Waals surface area contributed by atoms with E-state index in [-0.39, 0.29) is 43.5 Å². The first-order valence-corrected chi connectivity index (χ1v) is 8.57. The highest BCUT2D eigenvalue weighted by atomic mass is 19.1. The Morgan fingerprint density at radius 1 is 1.41 bits per heavy atom. The average molecular weight is 377 g/mol. The number of nitrogens with zero attached hydrogens (tertiary/aromatic N) is 2. The van der Waals surface area contributed by atoms with E-state index in [4.69, 9.17) is 14.4 Å². The number of rotatable bonds is 7. The van der Waals surface area contributed by atoms with E-state index in [2.05, 4.69) is 15.5 Å². The number of carbonyl (C=O) groups is 2. The largest absolute Gasteiger partial charge is 0.481 e. The van der Waals surface area contributed by atoms with Crippen LogP contribution in [0.15, 0.2) is 22.7 Å². The second-order valence-corrected chi connectivity index (χ2v) is 6.68. The maximum atomic E-state index is 13.4. The summed E-state index contributed by atoms with van der Waals surface area (Å²) in [4.78, 5) is 27.5. The molecule has 0 bridgehead atoms. The van der Waals surface area contributed by atoms with Crippen molar-refractivity contribution in [1.82, 2.24) is 15.5 Å². The van der Waals surface area contributed by atoms with Crippen molar-refractivity contribution in [3.05, 3.63) is 35.5 Å². The molecule has 3 rings (SSSR count). The van der Waals surface area contributed by atoms with E-state index in [0.29, 0.717) is 30.0 Å². The van der Waals surface area contributed by atoms with E-state index in [9.17, 15) is 14.0 Å². The number of ether oxygens (including phenoxy) is 1. The first-order valence-electron chi connectivity index (χ1n) is 8.57. The van der Waals surface area contributed by atoms with Gasteiger partial charge in [-0.2, -0.15) is 4.98 Å². The molecule has 2 aromatic rings. The fraction of sp³-hybridized carbons (Fsp3) is 0.444. The predicted octanol–water partition coefficient (Wildman–Crippen LogP) is 1.87. The van der Waals surface area contributed by atoms with Crippen molar-refractivity contribution < 1.29 is 28.3 Å². The summed E-state index contributed by atoms with van der Waals surface area (Å²) in [6, 6.07) is 4.51. The molecule has 2 heterocycles. The molecule has 27 heavy (non-hydrogen) atoms. The Kier molecular flexibility index (Phi) is 5.50. The van der Waals surface area contributed by atoms with Gasteiger partial charge in [-0.3, -0.25) is 9.59 Å². The Hall–Kier alpha value is -2.81. The SMILES string of the molecule is Cc1cc(-c2noc(CCC(=O)NC3(CC(=O)O)CCOC3)n2)ccc1F. The third-order valence-corrected chi connectivity index (χ3v) is 4.45. The molecule has 1 fully saturated rings. The Bertz CT molecular complexity index is 845. The van der Waals surface area contributed by atoms with E-state index in [1.54, 1.807) is 19.1 Å². The lowest BCUT2D eigenvalue weighted by molar-refractivity contribution is -0.139. The maximum Gasteiger partial charge on any atom is 0.305 e. The molecular weight excluding hydrogens is 357 g/mol. The van der Waals surface area contributed by atoms with Gasteiger partial charge in [-0.25, -0.2) is 4.39 Å². The molecule has 1 unspecified atom stereocenters. The van der Waals surface area contributed by atoms with Gasteiger partial charge in [0.2, 0.25) is 17.6 Å².